The summed E-state index contributed by atoms with van der Waals surface area (Å²) in [5.41, 5.74) is 2.16. The maximum atomic E-state index is 13.7. The molecule has 1 atom stereocenters. The first-order valence-electron chi connectivity index (χ1n) is 11.0. The third kappa shape index (κ3) is 3.13. The number of fused-ring (bicyclic) bond motifs is 3. The van der Waals surface area contributed by atoms with E-state index in [4.69, 9.17) is 9.47 Å². The third-order valence-electron chi connectivity index (χ3n) is 6.60. The zero-order chi connectivity index (χ0) is 24.4. The van der Waals surface area contributed by atoms with E-state index in [0.717, 1.165) is 15.7 Å². The van der Waals surface area contributed by atoms with Crippen LogP contribution in [0.15, 0.2) is 58.1 Å². The number of benzene rings is 2. The van der Waals surface area contributed by atoms with Crippen molar-refractivity contribution < 1.29 is 13.9 Å². The summed E-state index contributed by atoms with van der Waals surface area (Å²) >= 11 is 0. The number of aromatic nitrogens is 3. The van der Waals surface area contributed by atoms with E-state index >= 15 is 0 Å². The predicted molar refractivity (Wildman–Crippen MR) is 128 cm³/mol. The number of nitrogens with zero attached hydrogens (tertiary/aromatic N) is 3. The van der Waals surface area contributed by atoms with Crippen LogP contribution in [0.4, 0.5) is 4.39 Å². The summed E-state index contributed by atoms with van der Waals surface area (Å²) in [6.45, 7) is 4.43. The average Bonchev–Trinajstić information content (AvgIpc) is 3.20. The lowest BCUT2D eigenvalue weighted by molar-refractivity contribution is -0.00709. The standard InChI is InChI=1S/C26H26FN3O4/c1-26(2)14-34-23(16-6-10-17(27)11-7-16)22-21-19(24(31)29(4)25(32)28(21)3)20(30(22)26)15-8-12-18(33-5)13-9-15/h6-13,23H,14H2,1-5H3/t23-/m0/s1. The molecule has 0 aliphatic carbocycles. The Kier molecular flexibility index (Phi) is 5.02. The number of hydrogen-bond acceptors (Lipinski definition) is 4. The second-order valence-corrected chi connectivity index (χ2v) is 9.28. The van der Waals surface area contributed by atoms with Gasteiger partial charge in [-0.15, -0.1) is 0 Å². The molecule has 0 bridgehead atoms. The van der Waals surface area contributed by atoms with E-state index < -0.39 is 17.3 Å². The normalized spacial score (nSPS) is 17.1. The molecule has 7 nitrogen and oxygen atoms in total. The van der Waals surface area contributed by atoms with Gasteiger partial charge in [-0.25, -0.2) is 9.18 Å². The monoisotopic (exact) mass is 463 g/mol. The van der Waals surface area contributed by atoms with Gasteiger partial charge in [-0.3, -0.25) is 13.9 Å². The van der Waals surface area contributed by atoms with E-state index in [2.05, 4.69) is 4.57 Å². The summed E-state index contributed by atoms with van der Waals surface area (Å²) in [5.74, 6) is 0.353. The van der Waals surface area contributed by atoms with Crippen molar-refractivity contribution in [1.82, 2.24) is 13.7 Å². The van der Waals surface area contributed by atoms with Crippen molar-refractivity contribution in [3.8, 4) is 17.0 Å². The highest BCUT2D eigenvalue weighted by Gasteiger charge is 2.40. The Labute approximate surface area is 195 Å². The van der Waals surface area contributed by atoms with Crippen LogP contribution in [0, 0.1) is 5.82 Å². The second-order valence-electron chi connectivity index (χ2n) is 9.28. The van der Waals surface area contributed by atoms with Gasteiger partial charge in [0.25, 0.3) is 5.56 Å². The fourth-order valence-electron chi connectivity index (χ4n) is 4.91. The molecule has 0 fully saturated rings. The first kappa shape index (κ1) is 22.2. The topological polar surface area (TPSA) is 67.4 Å². The highest BCUT2D eigenvalue weighted by atomic mass is 19.1. The highest BCUT2D eigenvalue weighted by Crippen LogP contribution is 2.45. The van der Waals surface area contributed by atoms with Gasteiger partial charge >= 0.3 is 5.69 Å². The molecule has 2 aromatic carbocycles. The van der Waals surface area contributed by atoms with Gasteiger partial charge in [0, 0.05) is 14.1 Å². The van der Waals surface area contributed by atoms with Crippen LogP contribution < -0.4 is 16.0 Å². The Bertz CT molecular complexity index is 1530. The maximum absolute atomic E-state index is 13.7. The Morgan fingerprint density at radius 1 is 1.00 bits per heavy atom. The molecular weight excluding hydrogens is 437 g/mol. The SMILES string of the molecule is COc1ccc(-c2c3c(=O)n(C)c(=O)n(C)c3c3n2C(C)(C)CO[C@H]3c2ccc(F)cc2)cc1. The van der Waals surface area contributed by atoms with E-state index in [9.17, 15) is 14.0 Å². The maximum Gasteiger partial charge on any atom is 0.331 e. The molecule has 0 saturated carbocycles. The molecule has 0 amide bonds. The van der Waals surface area contributed by atoms with Gasteiger partial charge in [0.15, 0.2) is 0 Å². The minimum absolute atomic E-state index is 0.347. The van der Waals surface area contributed by atoms with Gasteiger partial charge in [-0.1, -0.05) is 12.1 Å². The van der Waals surface area contributed by atoms with Gasteiger partial charge in [-0.05, 0) is 61.4 Å². The number of halogens is 1. The van der Waals surface area contributed by atoms with Crippen molar-refractivity contribution in [3.63, 3.8) is 0 Å². The molecule has 4 aromatic rings. The summed E-state index contributed by atoms with van der Waals surface area (Å²) in [7, 11) is 4.74. The van der Waals surface area contributed by atoms with Gasteiger partial charge in [0.2, 0.25) is 0 Å². The van der Waals surface area contributed by atoms with E-state index in [1.54, 1.807) is 26.3 Å². The van der Waals surface area contributed by atoms with Crippen LogP contribution in [-0.2, 0) is 24.4 Å². The fraction of sp³-hybridized carbons (Fsp3) is 0.308. The molecule has 176 valence electrons. The molecule has 5 rings (SSSR count). The smallest absolute Gasteiger partial charge is 0.331 e. The summed E-state index contributed by atoms with van der Waals surface area (Å²) in [6.07, 6.45) is -0.583. The van der Waals surface area contributed by atoms with Crippen LogP contribution in [0.2, 0.25) is 0 Å². The lowest BCUT2D eigenvalue weighted by Crippen LogP contribution is -2.40. The van der Waals surface area contributed by atoms with Gasteiger partial charge < -0.3 is 14.0 Å². The minimum atomic E-state index is -0.583. The van der Waals surface area contributed by atoms with Crippen LogP contribution in [0.25, 0.3) is 22.2 Å². The number of hydrogen-bond donors (Lipinski definition) is 0. The van der Waals surface area contributed by atoms with Crippen LogP contribution in [0.1, 0.15) is 31.2 Å². The number of ether oxygens (including phenoxy) is 2. The van der Waals surface area contributed by atoms with Crippen molar-refractivity contribution in [3.05, 3.63) is 86.4 Å². The van der Waals surface area contributed by atoms with E-state index in [-0.39, 0.29) is 11.4 Å². The molecular formula is C26H26FN3O4. The van der Waals surface area contributed by atoms with E-state index in [1.807, 2.05) is 38.1 Å². The van der Waals surface area contributed by atoms with Gasteiger partial charge in [-0.2, -0.15) is 0 Å². The van der Waals surface area contributed by atoms with Crippen molar-refractivity contribution in [2.45, 2.75) is 25.5 Å². The second kappa shape index (κ2) is 7.70. The minimum Gasteiger partial charge on any atom is -0.497 e. The number of aryl methyl sites for hydroxylation is 1. The van der Waals surface area contributed by atoms with E-state index in [1.165, 1.54) is 23.7 Å². The molecule has 0 unspecified atom stereocenters. The first-order valence-corrected chi connectivity index (χ1v) is 11.0. The van der Waals surface area contributed by atoms with Crippen molar-refractivity contribution in [2.75, 3.05) is 13.7 Å². The van der Waals surface area contributed by atoms with Gasteiger partial charge in [0.1, 0.15) is 17.7 Å². The molecule has 34 heavy (non-hydrogen) atoms. The Morgan fingerprint density at radius 3 is 2.26 bits per heavy atom. The molecule has 1 aliphatic rings. The Morgan fingerprint density at radius 2 is 1.65 bits per heavy atom. The zero-order valence-corrected chi connectivity index (χ0v) is 19.8. The molecule has 1 aliphatic heterocycles. The summed E-state index contributed by atoms with van der Waals surface area (Å²) in [5, 5.41) is 0.440. The van der Waals surface area contributed by atoms with Crippen LogP contribution in [0.5, 0.6) is 5.75 Å². The molecule has 0 radical (unpaired) electrons. The molecule has 2 aromatic heterocycles. The molecule has 8 heteroatoms. The van der Waals surface area contributed by atoms with Crippen molar-refractivity contribution in [2.24, 2.45) is 14.1 Å². The molecule has 0 N–H and O–H groups in total. The summed E-state index contributed by atoms with van der Waals surface area (Å²) in [4.78, 5) is 26.5. The Hall–Kier alpha value is -3.65. The third-order valence-corrected chi connectivity index (χ3v) is 6.60. The van der Waals surface area contributed by atoms with Crippen molar-refractivity contribution >= 4 is 10.9 Å². The predicted octanol–water partition coefficient (Wildman–Crippen LogP) is 3.71. The van der Waals surface area contributed by atoms with Crippen LogP contribution in [-0.4, -0.2) is 27.4 Å². The average molecular weight is 464 g/mol. The van der Waals surface area contributed by atoms with E-state index in [0.29, 0.717) is 34.6 Å². The number of methoxy groups -OCH3 is 1. The highest BCUT2D eigenvalue weighted by molar-refractivity contribution is 5.96. The van der Waals surface area contributed by atoms with Crippen LogP contribution >= 0.6 is 0 Å². The zero-order valence-electron chi connectivity index (χ0n) is 19.8. The summed E-state index contributed by atoms with van der Waals surface area (Å²) < 4.78 is 30.1. The Balaban J connectivity index is 1.97. The molecule has 0 spiro atoms. The fourth-order valence-corrected chi connectivity index (χ4v) is 4.91. The largest absolute Gasteiger partial charge is 0.497 e. The first-order chi connectivity index (χ1) is 16.2. The lowest BCUT2D eigenvalue weighted by Gasteiger charge is -2.39. The molecule has 3 heterocycles. The van der Waals surface area contributed by atoms with Crippen molar-refractivity contribution in [1.29, 1.82) is 0 Å². The summed E-state index contributed by atoms with van der Waals surface area (Å²) in [6, 6.07) is 13.6. The lowest BCUT2D eigenvalue weighted by atomic mass is 9.98. The van der Waals surface area contributed by atoms with Crippen LogP contribution in [0.3, 0.4) is 0 Å². The quantitative estimate of drug-likeness (QED) is 0.465. The molecule has 0 saturated heterocycles. The van der Waals surface area contributed by atoms with Gasteiger partial charge in [0.05, 0.1) is 41.5 Å². The number of rotatable bonds is 3.